The van der Waals surface area contributed by atoms with Crippen LogP contribution in [0.25, 0.3) is 0 Å². The molecule has 0 fully saturated rings. The fourth-order valence-corrected chi connectivity index (χ4v) is 1.39. The Balaban J connectivity index is 2.44. The molecule has 1 amide bonds. The van der Waals surface area contributed by atoms with E-state index in [0.717, 1.165) is 17.5 Å². The quantitative estimate of drug-likeness (QED) is 0.465. The van der Waals surface area contributed by atoms with Gasteiger partial charge >= 0.3 is 0 Å². The molecule has 0 unspecified atom stereocenters. The van der Waals surface area contributed by atoms with Crippen molar-refractivity contribution in [1.82, 2.24) is 0 Å². The van der Waals surface area contributed by atoms with Crippen LogP contribution in [0.5, 0.6) is 0 Å². The molecule has 13 heavy (non-hydrogen) atoms. The van der Waals surface area contributed by atoms with Crippen molar-refractivity contribution in [2.75, 3.05) is 5.32 Å². The van der Waals surface area contributed by atoms with Gasteiger partial charge in [-0.15, -0.1) is 0 Å². The van der Waals surface area contributed by atoms with Crippen molar-refractivity contribution in [1.29, 1.82) is 0 Å². The van der Waals surface area contributed by atoms with Crippen LogP contribution in [0, 0.1) is 0 Å². The number of nitrogens with one attached hydrogen (secondary N) is 1. The van der Waals surface area contributed by atoms with Crippen LogP contribution < -0.4 is 5.32 Å². The number of aliphatic hydroxyl groups excluding tert-OH is 1. The average molecular weight is 175 g/mol. The Hall–Kier alpha value is -1.77. The topological polar surface area (TPSA) is 49.3 Å². The number of para-hydroxylation sites is 1. The molecule has 0 spiro atoms. The Bertz CT molecular complexity index is 382. The van der Waals surface area contributed by atoms with E-state index in [-0.39, 0.29) is 5.91 Å². The zero-order chi connectivity index (χ0) is 9.26. The van der Waals surface area contributed by atoms with Crippen molar-refractivity contribution in [3.8, 4) is 0 Å². The second-order valence-corrected chi connectivity index (χ2v) is 2.94. The lowest BCUT2D eigenvalue weighted by atomic mass is 10.00. The summed E-state index contributed by atoms with van der Waals surface area (Å²) < 4.78 is 0. The first-order valence-electron chi connectivity index (χ1n) is 4.04. The number of benzene rings is 1. The number of aliphatic hydroxyl groups is 1. The second kappa shape index (κ2) is 2.94. The van der Waals surface area contributed by atoms with Gasteiger partial charge in [-0.05, 0) is 11.6 Å². The van der Waals surface area contributed by atoms with Crippen LogP contribution >= 0.6 is 0 Å². The first-order valence-corrected chi connectivity index (χ1v) is 4.04. The molecule has 2 N–H and O–H groups in total. The largest absolute Gasteiger partial charge is 0.515 e. The molecule has 0 atom stereocenters. The maximum absolute atomic E-state index is 11.2. The number of hydrogen-bond acceptors (Lipinski definition) is 2. The number of amides is 1. The van der Waals surface area contributed by atoms with Gasteiger partial charge in [0.05, 0.1) is 11.8 Å². The highest BCUT2D eigenvalue weighted by Gasteiger charge is 2.18. The van der Waals surface area contributed by atoms with E-state index < -0.39 is 0 Å². The predicted octanol–water partition coefficient (Wildman–Crippen LogP) is 1.62. The number of fused-ring (bicyclic) bond motifs is 1. The number of rotatable bonds is 0. The summed E-state index contributed by atoms with van der Waals surface area (Å²) in [5.74, 6) is -0.221. The molecule has 1 aliphatic rings. The Morgan fingerprint density at radius 3 is 2.92 bits per heavy atom. The zero-order valence-electron chi connectivity index (χ0n) is 6.95. The normalized spacial score (nSPS) is 18.2. The minimum atomic E-state index is -0.221. The third-order valence-electron chi connectivity index (χ3n) is 2.09. The first kappa shape index (κ1) is 7.86. The summed E-state index contributed by atoms with van der Waals surface area (Å²) in [6.45, 7) is 0. The van der Waals surface area contributed by atoms with E-state index in [1.165, 1.54) is 0 Å². The van der Waals surface area contributed by atoms with Gasteiger partial charge in [-0.25, -0.2) is 0 Å². The lowest BCUT2D eigenvalue weighted by Gasteiger charge is -2.17. The van der Waals surface area contributed by atoms with Crippen LogP contribution in [-0.4, -0.2) is 11.0 Å². The van der Waals surface area contributed by atoms with Crippen LogP contribution in [0.4, 0.5) is 5.69 Å². The molecular formula is C10H9NO2. The van der Waals surface area contributed by atoms with Crippen LogP contribution in [0.1, 0.15) is 5.56 Å². The molecule has 3 nitrogen and oxygen atoms in total. The summed E-state index contributed by atoms with van der Waals surface area (Å²) in [7, 11) is 0. The van der Waals surface area contributed by atoms with E-state index in [0.29, 0.717) is 12.0 Å². The van der Waals surface area contributed by atoms with Gasteiger partial charge in [0.1, 0.15) is 0 Å². The Morgan fingerprint density at radius 1 is 1.38 bits per heavy atom. The molecule has 1 heterocycles. The molecule has 1 aromatic carbocycles. The predicted molar refractivity (Wildman–Crippen MR) is 49.5 cm³/mol. The van der Waals surface area contributed by atoms with Crippen LogP contribution in [0.3, 0.4) is 0 Å². The SMILES string of the molecule is O=C1Nc2ccccc2C/C1=C/O. The van der Waals surface area contributed by atoms with E-state index in [1.807, 2.05) is 24.3 Å². The zero-order valence-corrected chi connectivity index (χ0v) is 6.95. The third kappa shape index (κ3) is 1.28. The fraction of sp³-hybridized carbons (Fsp3) is 0.100. The Labute approximate surface area is 75.7 Å². The number of anilines is 1. The molecule has 0 saturated heterocycles. The van der Waals surface area contributed by atoms with Crippen LogP contribution in [0.2, 0.25) is 0 Å². The second-order valence-electron chi connectivity index (χ2n) is 2.94. The fourth-order valence-electron chi connectivity index (χ4n) is 1.39. The third-order valence-corrected chi connectivity index (χ3v) is 2.09. The lowest BCUT2D eigenvalue weighted by Crippen LogP contribution is -2.22. The van der Waals surface area contributed by atoms with E-state index in [9.17, 15) is 4.79 Å². The standard InChI is InChI=1S/C10H9NO2/c12-6-8-5-7-3-1-2-4-9(7)11-10(8)13/h1-4,6,12H,5H2,(H,11,13)/b8-6-. The molecule has 1 aromatic rings. The monoisotopic (exact) mass is 175 g/mol. The van der Waals surface area contributed by atoms with Crippen molar-refractivity contribution in [2.45, 2.75) is 6.42 Å². The summed E-state index contributed by atoms with van der Waals surface area (Å²) in [5, 5.41) is 11.5. The van der Waals surface area contributed by atoms with Crippen molar-refractivity contribution >= 4 is 11.6 Å². The maximum Gasteiger partial charge on any atom is 0.255 e. The summed E-state index contributed by atoms with van der Waals surface area (Å²) in [4.78, 5) is 11.2. The number of carbonyl (C=O) groups is 1. The van der Waals surface area contributed by atoms with E-state index in [4.69, 9.17) is 5.11 Å². The van der Waals surface area contributed by atoms with Gasteiger partial charge in [0, 0.05) is 12.1 Å². The van der Waals surface area contributed by atoms with Gasteiger partial charge < -0.3 is 10.4 Å². The first-order chi connectivity index (χ1) is 6.31. The van der Waals surface area contributed by atoms with Gasteiger partial charge in [-0.1, -0.05) is 18.2 Å². The highest BCUT2D eigenvalue weighted by atomic mass is 16.2. The van der Waals surface area contributed by atoms with E-state index in [1.54, 1.807) is 0 Å². The summed E-state index contributed by atoms with van der Waals surface area (Å²) in [6, 6.07) is 7.55. The molecule has 1 aliphatic heterocycles. The molecule has 0 saturated carbocycles. The molecule has 66 valence electrons. The van der Waals surface area contributed by atoms with Crippen molar-refractivity contribution in [3.63, 3.8) is 0 Å². The van der Waals surface area contributed by atoms with Gasteiger partial charge in [-0.3, -0.25) is 4.79 Å². The molecule has 0 aliphatic carbocycles. The maximum atomic E-state index is 11.2. The minimum absolute atomic E-state index is 0.221. The lowest BCUT2D eigenvalue weighted by molar-refractivity contribution is -0.113. The van der Waals surface area contributed by atoms with Crippen molar-refractivity contribution in [2.24, 2.45) is 0 Å². The summed E-state index contributed by atoms with van der Waals surface area (Å²) in [5.41, 5.74) is 2.26. The van der Waals surface area contributed by atoms with Gasteiger partial charge in [0.2, 0.25) is 0 Å². The van der Waals surface area contributed by atoms with Crippen LogP contribution in [0.15, 0.2) is 36.1 Å². The summed E-state index contributed by atoms with van der Waals surface area (Å²) in [6.07, 6.45) is 1.36. The van der Waals surface area contributed by atoms with Crippen molar-refractivity contribution in [3.05, 3.63) is 41.7 Å². The van der Waals surface area contributed by atoms with Crippen molar-refractivity contribution < 1.29 is 9.90 Å². The van der Waals surface area contributed by atoms with Gasteiger partial charge in [0.25, 0.3) is 5.91 Å². The van der Waals surface area contributed by atoms with Crippen LogP contribution in [-0.2, 0) is 11.2 Å². The molecule has 3 heteroatoms. The molecular weight excluding hydrogens is 166 g/mol. The number of hydrogen-bond donors (Lipinski definition) is 2. The highest BCUT2D eigenvalue weighted by molar-refractivity contribution is 6.06. The highest BCUT2D eigenvalue weighted by Crippen LogP contribution is 2.23. The van der Waals surface area contributed by atoms with Gasteiger partial charge in [0.15, 0.2) is 0 Å². The smallest absolute Gasteiger partial charge is 0.255 e. The molecule has 0 radical (unpaired) electrons. The molecule has 2 rings (SSSR count). The van der Waals surface area contributed by atoms with E-state index in [2.05, 4.69) is 5.32 Å². The molecule has 0 bridgehead atoms. The average Bonchev–Trinajstić information content (AvgIpc) is 2.17. The Kier molecular flexibility index (Phi) is 1.77. The summed E-state index contributed by atoms with van der Waals surface area (Å²) >= 11 is 0. The van der Waals surface area contributed by atoms with E-state index >= 15 is 0 Å². The number of carbonyl (C=O) groups excluding carboxylic acids is 1. The molecule has 0 aromatic heterocycles. The van der Waals surface area contributed by atoms with Gasteiger partial charge in [-0.2, -0.15) is 0 Å². The Morgan fingerprint density at radius 2 is 2.15 bits per heavy atom. The minimum Gasteiger partial charge on any atom is -0.515 e.